The molecule has 0 fully saturated rings. The fourth-order valence-corrected chi connectivity index (χ4v) is 2.82. The van der Waals surface area contributed by atoms with Crippen molar-refractivity contribution >= 4 is 17.5 Å². The highest BCUT2D eigenvalue weighted by Gasteiger charge is 2.08. The molecule has 0 aliphatic heterocycles. The Hall–Kier alpha value is -2.88. The number of hydrogen-bond donors (Lipinski definition) is 1. The van der Waals surface area contributed by atoms with Crippen molar-refractivity contribution in [2.24, 2.45) is 0 Å². The molecule has 26 heavy (non-hydrogen) atoms. The van der Waals surface area contributed by atoms with Crippen LogP contribution in [0.3, 0.4) is 0 Å². The summed E-state index contributed by atoms with van der Waals surface area (Å²) >= 11 is 0. The summed E-state index contributed by atoms with van der Waals surface area (Å²) in [7, 11) is 2.05. The van der Waals surface area contributed by atoms with Crippen LogP contribution in [0.15, 0.2) is 60.7 Å². The highest BCUT2D eigenvalue weighted by molar-refractivity contribution is 5.56. The van der Waals surface area contributed by atoms with Gasteiger partial charge in [-0.15, -0.1) is 0 Å². The van der Waals surface area contributed by atoms with E-state index in [1.54, 1.807) is 0 Å². The molecule has 0 atom stereocenters. The van der Waals surface area contributed by atoms with Gasteiger partial charge < -0.3 is 10.2 Å². The number of nitrogens with one attached hydrogen (secondary N) is 1. The van der Waals surface area contributed by atoms with E-state index in [1.165, 1.54) is 11.1 Å². The first kappa shape index (κ1) is 17.9. The van der Waals surface area contributed by atoms with Crippen LogP contribution in [0.2, 0.25) is 0 Å². The van der Waals surface area contributed by atoms with Gasteiger partial charge in [0.1, 0.15) is 5.82 Å². The molecule has 1 heterocycles. The van der Waals surface area contributed by atoms with Crippen LogP contribution in [-0.2, 0) is 6.54 Å². The van der Waals surface area contributed by atoms with Crippen LogP contribution in [0, 0.1) is 6.92 Å². The van der Waals surface area contributed by atoms with Gasteiger partial charge in [-0.3, -0.25) is 0 Å². The second-order valence-corrected chi connectivity index (χ2v) is 6.93. The summed E-state index contributed by atoms with van der Waals surface area (Å²) in [5.41, 5.74) is 4.52. The number of aromatic nitrogens is 2. The maximum atomic E-state index is 4.69. The van der Waals surface area contributed by atoms with Crippen molar-refractivity contribution < 1.29 is 0 Å². The minimum absolute atomic E-state index is 0.525. The van der Waals surface area contributed by atoms with Crippen LogP contribution in [0.1, 0.15) is 36.6 Å². The zero-order valence-corrected chi connectivity index (χ0v) is 15.9. The van der Waals surface area contributed by atoms with Crippen molar-refractivity contribution in [3.05, 3.63) is 77.5 Å². The smallest absolute Gasteiger partial charge is 0.229 e. The molecule has 0 radical (unpaired) electrons. The number of hydrogen-bond acceptors (Lipinski definition) is 4. The normalized spacial score (nSPS) is 10.8. The molecule has 0 aliphatic rings. The summed E-state index contributed by atoms with van der Waals surface area (Å²) in [5, 5.41) is 3.32. The molecule has 3 rings (SSSR count). The van der Waals surface area contributed by atoms with Crippen molar-refractivity contribution in [1.29, 1.82) is 0 Å². The number of rotatable bonds is 6. The third kappa shape index (κ3) is 4.60. The van der Waals surface area contributed by atoms with Crippen LogP contribution >= 0.6 is 0 Å². The molecule has 3 aromatic rings. The predicted molar refractivity (Wildman–Crippen MR) is 109 cm³/mol. The standard InChI is InChI=1S/C22H26N4/c1-16(2)19-10-12-20(13-11-19)24-22-23-17(3)14-21(25-22)26(4)15-18-8-6-5-7-9-18/h5-14,16H,15H2,1-4H3,(H,23,24,25). The SMILES string of the molecule is Cc1cc(N(C)Cc2ccccc2)nc(Nc2ccc(C(C)C)cc2)n1. The quantitative estimate of drug-likeness (QED) is 0.658. The van der Waals surface area contributed by atoms with Gasteiger partial charge in [0, 0.05) is 31.0 Å². The van der Waals surface area contributed by atoms with Gasteiger partial charge in [-0.25, -0.2) is 4.98 Å². The molecule has 1 N–H and O–H groups in total. The Bertz CT molecular complexity index is 842. The molecular weight excluding hydrogens is 320 g/mol. The van der Waals surface area contributed by atoms with E-state index < -0.39 is 0 Å². The summed E-state index contributed by atoms with van der Waals surface area (Å²) in [6.45, 7) is 7.19. The highest BCUT2D eigenvalue weighted by atomic mass is 15.2. The van der Waals surface area contributed by atoms with E-state index in [0.717, 1.165) is 23.7 Å². The van der Waals surface area contributed by atoms with Crippen molar-refractivity contribution in [3.8, 4) is 0 Å². The van der Waals surface area contributed by atoms with Crippen LogP contribution < -0.4 is 10.2 Å². The second kappa shape index (κ2) is 8.00. The van der Waals surface area contributed by atoms with Crippen LogP contribution in [-0.4, -0.2) is 17.0 Å². The van der Waals surface area contributed by atoms with Crippen LogP contribution in [0.5, 0.6) is 0 Å². The maximum absolute atomic E-state index is 4.69. The van der Waals surface area contributed by atoms with Crippen molar-refractivity contribution in [2.75, 3.05) is 17.3 Å². The molecule has 0 saturated heterocycles. The molecule has 4 heteroatoms. The molecule has 0 spiro atoms. The summed E-state index contributed by atoms with van der Waals surface area (Å²) in [4.78, 5) is 11.3. The van der Waals surface area contributed by atoms with Crippen molar-refractivity contribution in [2.45, 2.75) is 33.2 Å². The number of aryl methyl sites for hydroxylation is 1. The average Bonchev–Trinajstić information content (AvgIpc) is 2.62. The molecule has 0 bridgehead atoms. The van der Waals surface area contributed by atoms with Gasteiger partial charge in [0.05, 0.1) is 0 Å². The van der Waals surface area contributed by atoms with Gasteiger partial charge in [0.25, 0.3) is 0 Å². The van der Waals surface area contributed by atoms with Gasteiger partial charge in [0.15, 0.2) is 0 Å². The van der Waals surface area contributed by atoms with Gasteiger partial charge in [-0.05, 0) is 36.1 Å². The van der Waals surface area contributed by atoms with Gasteiger partial charge in [-0.2, -0.15) is 4.98 Å². The summed E-state index contributed by atoms with van der Waals surface area (Å²) in [6, 6.07) is 20.9. The molecule has 4 nitrogen and oxygen atoms in total. The Morgan fingerprint density at radius 3 is 2.31 bits per heavy atom. The lowest BCUT2D eigenvalue weighted by molar-refractivity contribution is 0.867. The summed E-state index contributed by atoms with van der Waals surface area (Å²) in [6.07, 6.45) is 0. The minimum Gasteiger partial charge on any atom is -0.355 e. The van der Waals surface area contributed by atoms with Gasteiger partial charge in [0.2, 0.25) is 5.95 Å². The monoisotopic (exact) mass is 346 g/mol. The summed E-state index contributed by atoms with van der Waals surface area (Å²) < 4.78 is 0. The van der Waals surface area contributed by atoms with E-state index in [9.17, 15) is 0 Å². The average molecular weight is 346 g/mol. The molecular formula is C22H26N4. The lowest BCUT2D eigenvalue weighted by Gasteiger charge is -2.19. The molecule has 1 aromatic heterocycles. The van der Waals surface area contributed by atoms with Crippen molar-refractivity contribution in [1.82, 2.24) is 9.97 Å². The largest absolute Gasteiger partial charge is 0.355 e. The highest BCUT2D eigenvalue weighted by Crippen LogP contribution is 2.21. The van der Waals surface area contributed by atoms with Gasteiger partial charge >= 0.3 is 0 Å². The van der Waals surface area contributed by atoms with Crippen molar-refractivity contribution in [3.63, 3.8) is 0 Å². The van der Waals surface area contributed by atoms with Crippen LogP contribution in [0.25, 0.3) is 0 Å². The van der Waals surface area contributed by atoms with E-state index in [0.29, 0.717) is 11.9 Å². The summed E-state index contributed by atoms with van der Waals surface area (Å²) in [5.74, 6) is 2.05. The molecule has 2 aromatic carbocycles. The first-order valence-electron chi connectivity index (χ1n) is 8.99. The van der Waals surface area contributed by atoms with Crippen LogP contribution in [0.4, 0.5) is 17.5 Å². The lowest BCUT2D eigenvalue weighted by Crippen LogP contribution is -2.18. The Morgan fingerprint density at radius 2 is 1.65 bits per heavy atom. The van der Waals surface area contributed by atoms with E-state index in [1.807, 2.05) is 19.1 Å². The van der Waals surface area contributed by atoms with Gasteiger partial charge in [-0.1, -0.05) is 56.3 Å². The number of benzene rings is 2. The van der Waals surface area contributed by atoms with E-state index in [-0.39, 0.29) is 0 Å². The third-order valence-corrected chi connectivity index (χ3v) is 4.33. The minimum atomic E-state index is 0.525. The zero-order chi connectivity index (χ0) is 18.5. The predicted octanol–water partition coefficient (Wildman–Crippen LogP) is 5.29. The molecule has 0 amide bonds. The Labute approximate surface area is 155 Å². The van der Waals surface area contributed by atoms with E-state index in [2.05, 4.69) is 89.6 Å². The fourth-order valence-electron chi connectivity index (χ4n) is 2.82. The maximum Gasteiger partial charge on any atom is 0.229 e. The first-order valence-corrected chi connectivity index (χ1v) is 8.99. The van der Waals surface area contributed by atoms with E-state index >= 15 is 0 Å². The molecule has 0 aliphatic carbocycles. The molecule has 0 unspecified atom stereocenters. The molecule has 134 valence electrons. The topological polar surface area (TPSA) is 41.1 Å². The Balaban J connectivity index is 1.76. The second-order valence-electron chi connectivity index (χ2n) is 6.93. The lowest BCUT2D eigenvalue weighted by atomic mass is 10.0. The first-order chi connectivity index (χ1) is 12.5. The number of anilines is 3. The third-order valence-electron chi connectivity index (χ3n) is 4.33. The Kier molecular flexibility index (Phi) is 5.52. The zero-order valence-electron chi connectivity index (χ0n) is 15.9. The molecule has 0 saturated carbocycles. The Morgan fingerprint density at radius 1 is 0.962 bits per heavy atom. The number of nitrogens with zero attached hydrogens (tertiary/aromatic N) is 3. The van der Waals surface area contributed by atoms with E-state index in [4.69, 9.17) is 0 Å². The fraction of sp³-hybridized carbons (Fsp3) is 0.273.